The van der Waals surface area contributed by atoms with Crippen LogP contribution in [0.25, 0.3) is 0 Å². The van der Waals surface area contributed by atoms with Crippen LogP contribution in [-0.4, -0.2) is 17.1 Å². The number of hydrogen-bond donors (Lipinski definition) is 3. The van der Waals surface area contributed by atoms with Crippen LogP contribution < -0.4 is 11.1 Å². The third-order valence-corrected chi connectivity index (χ3v) is 2.41. The summed E-state index contributed by atoms with van der Waals surface area (Å²) in [4.78, 5) is 11.6. The molecule has 0 saturated heterocycles. The molecule has 0 aliphatic heterocycles. The molecule has 1 rings (SSSR count). The lowest BCUT2D eigenvalue weighted by atomic mass is 10.1. The first-order valence-corrected chi connectivity index (χ1v) is 5.40. The molecule has 0 radical (unpaired) electrons. The van der Waals surface area contributed by atoms with Crippen LogP contribution in [0.15, 0.2) is 18.2 Å². The molecular weight excluding hydrogens is 204 g/mol. The summed E-state index contributed by atoms with van der Waals surface area (Å²) in [6.07, 6.45) is 1.53. The average Bonchev–Trinajstić information content (AvgIpc) is 2.24. The number of nitrogens with one attached hydrogen (secondary N) is 1. The molecule has 0 heterocycles. The van der Waals surface area contributed by atoms with Gasteiger partial charge in [-0.25, -0.2) is 0 Å². The molecule has 16 heavy (non-hydrogen) atoms. The first-order valence-electron chi connectivity index (χ1n) is 5.40. The molecule has 0 aliphatic carbocycles. The number of phenolic OH excluding ortho intramolecular Hbond substituents is 1. The molecule has 4 heteroatoms. The van der Waals surface area contributed by atoms with Crippen molar-refractivity contribution in [3.8, 4) is 5.75 Å². The fraction of sp³-hybridized carbons (Fsp3) is 0.417. The number of aryl methyl sites for hydroxylation is 1. The molecule has 4 nitrogen and oxygen atoms in total. The summed E-state index contributed by atoms with van der Waals surface area (Å²) in [6.45, 7) is 3.77. The van der Waals surface area contributed by atoms with Crippen LogP contribution in [0.5, 0.6) is 5.75 Å². The smallest absolute Gasteiger partial charge is 0.241 e. The lowest BCUT2D eigenvalue weighted by Crippen LogP contribution is -2.35. The molecule has 88 valence electrons. The van der Waals surface area contributed by atoms with Gasteiger partial charge in [-0.15, -0.1) is 0 Å². The van der Waals surface area contributed by atoms with E-state index in [1.807, 2.05) is 6.92 Å². The zero-order chi connectivity index (χ0) is 12.1. The summed E-state index contributed by atoms with van der Waals surface area (Å²) in [5, 5.41) is 12.1. The number of benzene rings is 1. The molecular formula is C12H18N2O2. The molecule has 4 N–H and O–H groups in total. The predicted octanol–water partition coefficient (Wildman–Crippen LogP) is 1.77. The second-order valence-corrected chi connectivity index (χ2v) is 3.89. The minimum Gasteiger partial charge on any atom is -0.508 e. The van der Waals surface area contributed by atoms with Gasteiger partial charge in [-0.3, -0.25) is 4.79 Å². The predicted molar refractivity (Wildman–Crippen MR) is 64.4 cm³/mol. The van der Waals surface area contributed by atoms with Gasteiger partial charge in [-0.2, -0.15) is 0 Å². The van der Waals surface area contributed by atoms with E-state index in [9.17, 15) is 9.90 Å². The van der Waals surface area contributed by atoms with E-state index in [-0.39, 0.29) is 11.7 Å². The van der Waals surface area contributed by atoms with E-state index >= 15 is 0 Å². The Morgan fingerprint density at radius 2 is 2.25 bits per heavy atom. The molecule has 1 atom stereocenters. The van der Waals surface area contributed by atoms with Crippen molar-refractivity contribution in [2.75, 3.05) is 5.32 Å². The van der Waals surface area contributed by atoms with Crippen LogP contribution in [-0.2, 0) is 4.79 Å². The van der Waals surface area contributed by atoms with Gasteiger partial charge in [0.15, 0.2) is 0 Å². The van der Waals surface area contributed by atoms with Gasteiger partial charge in [0.25, 0.3) is 0 Å². The third-order valence-electron chi connectivity index (χ3n) is 2.41. The highest BCUT2D eigenvalue weighted by molar-refractivity contribution is 5.94. The summed E-state index contributed by atoms with van der Waals surface area (Å²) >= 11 is 0. The highest BCUT2D eigenvalue weighted by Gasteiger charge is 2.12. The molecule has 0 aromatic heterocycles. The molecule has 1 aromatic rings. The van der Waals surface area contributed by atoms with Crippen molar-refractivity contribution in [1.29, 1.82) is 0 Å². The summed E-state index contributed by atoms with van der Waals surface area (Å²) < 4.78 is 0. The Kier molecular flexibility index (Phi) is 4.31. The Morgan fingerprint density at radius 1 is 1.56 bits per heavy atom. The SMILES string of the molecule is CCCC(N)C(=O)Nc1ccc(C)c(O)c1. The van der Waals surface area contributed by atoms with E-state index in [0.29, 0.717) is 12.1 Å². The van der Waals surface area contributed by atoms with Crippen molar-refractivity contribution in [1.82, 2.24) is 0 Å². The van der Waals surface area contributed by atoms with E-state index in [4.69, 9.17) is 5.73 Å². The highest BCUT2D eigenvalue weighted by atomic mass is 16.3. The minimum atomic E-state index is -0.492. The maximum absolute atomic E-state index is 11.6. The van der Waals surface area contributed by atoms with Gasteiger partial charge in [-0.05, 0) is 25.0 Å². The Morgan fingerprint density at radius 3 is 2.81 bits per heavy atom. The number of anilines is 1. The average molecular weight is 222 g/mol. The van der Waals surface area contributed by atoms with E-state index in [2.05, 4.69) is 5.32 Å². The monoisotopic (exact) mass is 222 g/mol. The van der Waals surface area contributed by atoms with E-state index in [1.165, 1.54) is 6.07 Å². The van der Waals surface area contributed by atoms with Gasteiger partial charge in [0.1, 0.15) is 5.75 Å². The van der Waals surface area contributed by atoms with Crippen LogP contribution in [0.3, 0.4) is 0 Å². The molecule has 0 aliphatic rings. The van der Waals surface area contributed by atoms with Gasteiger partial charge < -0.3 is 16.2 Å². The number of carbonyl (C=O) groups is 1. The van der Waals surface area contributed by atoms with Gasteiger partial charge >= 0.3 is 0 Å². The van der Waals surface area contributed by atoms with Crippen LogP contribution in [0.2, 0.25) is 0 Å². The second-order valence-electron chi connectivity index (χ2n) is 3.89. The Hall–Kier alpha value is -1.55. The largest absolute Gasteiger partial charge is 0.508 e. The number of hydrogen-bond acceptors (Lipinski definition) is 3. The van der Waals surface area contributed by atoms with Crippen molar-refractivity contribution >= 4 is 11.6 Å². The van der Waals surface area contributed by atoms with Gasteiger partial charge in [-0.1, -0.05) is 19.4 Å². The number of phenols is 1. The third kappa shape index (κ3) is 3.24. The maximum Gasteiger partial charge on any atom is 0.241 e. The molecule has 1 unspecified atom stereocenters. The lowest BCUT2D eigenvalue weighted by molar-refractivity contribution is -0.117. The van der Waals surface area contributed by atoms with Crippen LogP contribution in [0, 0.1) is 6.92 Å². The Bertz CT molecular complexity index is 377. The highest BCUT2D eigenvalue weighted by Crippen LogP contribution is 2.20. The van der Waals surface area contributed by atoms with Crippen molar-refractivity contribution in [3.05, 3.63) is 23.8 Å². The normalized spacial score (nSPS) is 12.2. The standard InChI is InChI=1S/C12H18N2O2/c1-3-4-10(13)12(16)14-9-6-5-8(2)11(15)7-9/h5-7,10,15H,3-4,13H2,1-2H3,(H,14,16). The first-order chi connectivity index (χ1) is 7.54. The van der Waals surface area contributed by atoms with Crippen LogP contribution >= 0.6 is 0 Å². The fourth-order valence-corrected chi connectivity index (χ4v) is 1.36. The van der Waals surface area contributed by atoms with Gasteiger partial charge in [0.05, 0.1) is 6.04 Å². The first kappa shape index (κ1) is 12.5. The Labute approximate surface area is 95.5 Å². The van der Waals surface area contributed by atoms with Gasteiger partial charge in [0, 0.05) is 11.8 Å². The second kappa shape index (κ2) is 5.51. The number of aromatic hydroxyl groups is 1. The van der Waals surface area contributed by atoms with Crippen molar-refractivity contribution in [3.63, 3.8) is 0 Å². The number of amides is 1. The van der Waals surface area contributed by atoms with Gasteiger partial charge in [0.2, 0.25) is 5.91 Å². The van der Waals surface area contributed by atoms with E-state index in [0.717, 1.165) is 12.0 Å². The summed E-state index contributed by atoms with van der Waals surface area (Å²) in [6, 6.07) is 4.52. The number of nitrogens with two attached hydrogens (primary N) is 1. The van der Waals surface area contributed by atoms with Crippen molar-refractivity contribution in [2.45, 2.75) is 32.7 Å². The zero-order valence-corrected chi connectivity index (χ0v) is 9.66. The minimum absolute atomic E-state index is 0.168. The van der Waals surface area contributed by atoms with Crippen molar-refractivity contribution < 1.29 is 9.90 Å². The summed E-state index contributed by atoms with van der Waals surface area (Å²) in [5.41, 5.74) is 7.01. The number of rotatable bonds is 4. The molecule has 1 aromatic carbocycles. The summed E-state index contributed by atoms with van der Waals surface area (Å²) in [7, 11) is 0. The van der Waals surface area contributed by atoms with Crippen LogP contribution in [0.1, 0.15) is 25.3 Å². The summed E-state index contributed by atoms with van der Waals surface area (Å²) in [5.74, 6) is -0.0491. The lowest BCUT2D eigenvalue weighted by Gasteiger charge is -2.11. The fourth-order valence-electron chi connectivity index (χ4n) is 1.36. The number of carbonyl (C=O) groups excluding carboxylic acids is 1. The molecule has 0 spiro atoms. The topological polar surface area (TPSA) is 75.4 Å². The molecule has 0 fully saturated rings. The molecule has 0 saturated carbocycles. The molecule has 0 bridgehead atoms. The molecule has 1 amide bonds. The van der Waals surface area contributed by atoms with E-state index < -0.39 is 6.04 Å². The van der Waals surface area contributed by atoms with Crippen molar-refractivity contribution in [2.24, 2.45) is 5.73 Å². The zero-order valence-electron chi connectivity index (χ0n) is 9.66. The maximum atomic E-state index is 11.6. The van der Waals surface area contributed by atoms with Crippen LogP contribution in [0.4, 0.5) is 5.69 Å². The Balaban J connectivity index is 2.66. The quantitative estimate of drug-likeness (QED) is 0.726. The van der Waals surface area contributed by atoms with E-state index in [1.54, 1.807) is 19.1 Å².